The Morgan fingerprint density at radius 1 is 1.38 bits per heavy atom. The van der Waals surface area contributed by atoms with Crippen molar-refractivity contribution in [3.8, 4) is 0 Å². The molecule has 0 bridgehead atoms. The third kappa shape index (κ3) is 5.17. The molecule has 0 atom stereocenters. The zero-order valence-corrected chi connectivity index (χ0v) is 10.5. The van der Waals surface area contributed by atoms with E-state index in [2.05, 4.69) is 25.3 Å². The standard InChI is InChI=1S/C8H17N5O2S/c1-8(2,3)4-5-16(14,15)9-6-7-10-12-13-11-7/h9H,4-6H2,1-3H3,(H,10,11,12,13). The molecular weight excluding hydrogens is 230 g/mol. The molecule has 0 saturated carbocycles. The van der Waals surface area contributed by atoms with E-state index >= 15 is 0 Å². The average Bonchev–Trinajstić information content (AvgIpc) is 2.64. The van der Waals surface area contributed by atoms with Gasteiger partial charge in [0, 0.05) is 0 Å². The molecule has 1 aromatic rings. The minimum absolute atomic E-state index is 0.000883. The van der Waals surface area contributed by atoms with Crippen LogP contribution in [0.2, 0.25) is 0 Å². The smallest absolute Gasteiger partial charge is 0.212 e. The highest BCUT2D eigenvalue weighted by molar-refractivity contribution is 7.89. The summed E-state index contributed by atoms with van der Waals surface area (Å²) in [4.78, 5) is 0. The maximum Gasteiger partial charge on any atom is 0.212 e. The van der Waals surface area contributed by atoms with Crippen molar-refractivity contribution in [1.82, 2.24) is 25.3 Å². The number of hydrogen-bond donors (Lipinski definition) is 2. The van der Waals surface area contributed by atoms with Gasteiger partial charge in [-0.1, -0.05) is 26.0 Å². The summed E-state index contributed by atoms with van der Waals surface area (Å²) < 4.78 is 25.6. The second-order valence-corrected chi connectivity index (χ2v) is 6.71. The third-order valence-corrected chi connectivity index (χ3v) is 3.29. The average molecular weight is 247 g/mol. The van der Waals surface area contributed by atoms with Crippen LogP contribution in [0.3, 0.4) is 0 Å². The van der Waals surface area contributed by atoms with Gasteiger partial charge in [0.05, 0.1) is 12.3 Å². The van der Waals surface area contributed by atoms with E-state index < -0.39 is 10.0 Å². The Labute approximate surface area is 95.1 Å². The number of sulfonamides is 1. The fourth-order valence-corrected chi connectivity index (χ4v) is 2.32. The number of tetrazole rings is 1. The molecule has 0 aliphatic carbocycles. The molecule has 8 heteroatoms. The summed E-state index contributed by atoms with van der Waals surface area (Å²) in [6, 6.07) is 0. The molecule has 0 spiro atoms. The molecule has 1 aromatic heterocycles. The van der Waals surface area contributed by atoms with Crippen LogP contribution >= 0.6 is 0 Å². The topological polar surface area (TPSA) is 101 Å². The second-order valence-electron chi connectivity index (χ2n) is 4.78. The number of nitrogens with zero attached hydrogens (tertiary/aromatic N) is 3. The van der Waals surface area contributed by atoms with E-state index in [1.165, 1.54) is 0 Å². The van der Waals surface area contributed by atoms with E-state index in [0.29, 0.717) is 12.2 Å². The molecule has 0 fully saturated rings. The van der Waals surface area contributed by atoms with Gasteiger partial charge in [0.15, 0.2) is 5.82 Å². The zero-order valence-electron chi connectivity index (χ0n) is 9.69. The molecular formula is C8H17N5O2S. The van der Waals surface area contributed by atoms with Crippen LogP contribution < -0.4 is 4.72 Å². The van der Waals surface area contributed by atoms with E-state index in [0.717, 1.165) is 0 Å². The van der Waals surface area contributed by atoms with Crippen molar-refractivity contribution in [3.05, 3.63) is 5.82 Å². The largest absolute Gasteiger partial charge is 0.212 e. The van der Waals surface area contributed by atoms with Gasteiger partial charge in [-0.2, -0.15) is 5.21 Å². The number of hydrogen-bond acceptors (Lipinski definition) is 5. The third-order valence-electron chi connectivity index (χ3n) is 1.96. The molecule has 0 saturated heterocycles. The van der Waals surface area contributed by atoms with Crippen LogP contribution in [0.15, 0.2) is 0 Å². The second kappa shape index (κ2) is 4.88. The van der Waals surface area contributed by atoms with Gasteiger partial charge in [0.1, 0.15) is 0 Å². The number of aromatic amines is 1. The molecule has 92 valence electrons. The van der Waals surface area contributed by atoms with E-state index in [1.807, 2.05) is 20.8 Å². The van der Waals surface area contributed by atoms with Crippen molar-refractivity contribution in [2.75, 3.05) is 5.75 Å². The zero-order chi connectivity index (χ0) is 12.2. The lowest BCUT2D eigenvalue weighted by atomic mass is 9.94. The molecule has 2 N–H and O–H groups in total. The summed E-state index contributed by atoms with van der Waals surface area (Å²) >= 11 is 0. The predicted octanol–water partition coefficient (Wildman–Crippen LogP) is 0.0553. The fourth-order valence-electron chi connectivity index (χ4n) is 0.945. The summed E-state index contributed by atoms with van der Waals surface area (Å²) in [6.07, 6.45) is 0.606. The van der Waals surface area contributed by atoms with Gasteiger partial charge in [-0.3, -0.25) is 0 Å². The summed E-state index contributed by atoms with van der Waals surface area (Å²) in [5.41, 5.74) is 0.000883. The minimum atomic E-state index is -3.26. The van der Waals surface area contributed by atoms with E-state index in [9.17, 15) is 8.42 Å². The molecule has 1 rings (SSSR count). The number of rotatable bonds is 5. The first-order chi connectivity index (χ1) is 7.29. The Kier molecular flexibility index (Phi) is 3.98. The first-order valence-corrected chi connectivity index (χ1v) is 6.63. The van der Waals surface area contributed by atoms with Gasteiger partial charge in [-0.15, -0.1) is 10.2 Å². The Bertz CT molecular complexity index is 406. The fraction of sp³-hybridized carbons (Fsp3) is 0.875. The molecule has 0 unspecified atom stereocenters. The molecule has 0 aliphatic rings. The van der Waals surface area contributed by atoms with Crippen molar-refractivity contribution in [2.24, 2.45) is 5.41 Å². The first-order valence-electron chi connectivity index (χ1n) is 4.98. The van der Waals surface area contributed by atoms with Gasteiger partial charge in [0.25, 0.3) is 0 Å². The van der Waals surface area contributed by atoms with Gasteiger partial charge < -0.3 is 0 Å². The molecule has 0 aliphatic heterocycles. The molecule has 7 nitrogen and oxygen atoms in total. The minimum Gasteiger partial charge on any atom is -0.212 e. The quantitative estimate of drug-likeness (QED) is 0.766. The van der Waals surface area contributed by atoms with Crippen molar-refractivity contribution < 1.29 is 8.42 Å². The Morgan fingerprint density at radius 2 is 2.06 bits per heavy atom. The summed E-state index contributed by atoms with van der Waals surface area (Å²) in [6.45, 7) is 6.08. The van der Waals surface area contributed by atoms with Crippen molar-refractivity contribution >= 4 is 10.0 Å². The first kappa shape index (κ1) is 13.0. The summed E-state index contributed by atoms with van der Waals surface area (Å²) in [5, 5.41) is 12.9. The van der Waals surface area contributed by atoms with Gasteiger partial charge in [-0.05, 0) is 11.8 Å². The summed E-state index contributed by atoms with van der Waals surface area (Å²) in [5.74, 6) is 0.438. The van der Waals surface area contributed by atoms with Gasteiger partial charge in [0.2, 0.25) is 10.0 Å². The predicted molar refractivity (Wildman–Crippen MR) is 58.9 cm³/mol. The lowest BCUT2D eigenvalue weighted by Crippen LogP contribution is -2.28. The lowest BCUT2D eigenvalue weighted by molar-refractivity contribution is 0.396. The molecule has 0 radical (unpaired) electrons. The van der Waals surface area contributed by atoms with Crippen LogP contribution in [0.5, 0.6) is 0 Å². The Balaban J connectivity index is 2.41. The highest BCUT2D eigenvalue weighted by Crippen LogP contribution is 2.18. The molecule has 1 heterocycles. The van der Waals surface area contributed by atoms with Crippen molar-refractivity contribution in [3.63, 3.8) is 0 Å². The highest BCUT2D eigenvalue weighted by Gasteiger charge is 2.17. The molecule has 0 aromatic carbocycles. The van der Waals surface area contributed by atoms with Crippen LogP contribution in [0, 0.1) is 5.41 Å². The maximum absolute atomic E-state index is 11.6. The van der Waals surface area contributed by atoms with Crippen LogP contribution in [-0.2, 0) is 16.6 Å². The highest BCUT2D eigenvalue weighted by atomic mass is 32.2. The number of aromatic nitrogens is 4. The van der Waals surface area contributed by atoms with Crippen LogP contribution in [0.1, 0.15) is 33.0 Å². The van der Waals surface area contributed by atoms with Crippen LogP contribution in [0.25, 0.3) is 0 Å². The summed E-state index contributed by atoms with van der Waals surface area (Å²) in [7, 11) is -3.26. The molecule has 0 amide bonds. The van der Waals surface area contributed by atoms with Crippen LogP contribution in [-0.4, -0.2) is 34.8 Å². The van der Waals surface area contributed by atoms with E-state index in [1.54, 1.807) is 0 Å². The normalized spacial score (nSPS) is 12.9. The Morgan fingerprint density at radius 3 is 2.56 bits per heavy atom. The van der Waals surface area contributed by atoms with Crippen molar-refractivity contribution in [2.45, 2.75) is 33.7 Å². The van der Waals surface area contributed by atoms with E-state index in [4.69, 9.17) is 0 Å². The number of H-pyrrole nitrogens is 1. The molecule has 16 heavy (non-hydrogen) atoms. The monoisotopic (exact) mass is 247 g/mol. The Hall–Kier alpha value is -1.02. The van der Waals surface area contributed by atoms with Crippen molar-refractivity contribution in [1.29, 1.82) is 0 Å². The maximum atomic E-state index is 11.6. The van der Waals surface area contributed by atoms with Gasteiger partial charge >= 0.3 is 0 Å². The number of nitrogens with one attached hydrogen (secondary N) is 2. The van der Waals surface area contributed by atoms with Gasteiger partial charge in [-0.25, -0.2) is 13.1 Å². The lowest BCUT2D eigenvalue weighted by Gasteiger charge is -2.17. The van der Waals surface area contributed by atoms with Crippen LogP contribution in [0.4, 0.5) is 0 Å². The SMILES string of the molecule is CC(C)(C)CCS(=O)(=O)NCc1nn[nH]n1. The van der Waals surface area contributed by atoms with E-state index in [-0.39, 0.29) is 17.7 Å².